The molecule has 0 fully saturated rings. The molecule has 1 aliphatic heterocycles. The molecule has 22 heavy (non-hydrogen) atoms. The van der Waals surface area contributed by atoms with Crippen molar-refractivity contribution in [2.75, 3.05) is 17.2 Å². The van der Waals surface area contributed by atoms with Crippen molar-refractivity contribution in [1.29, 1.82) is 0 Å². The molecule has 0 saturated heterocycles. The molecule has 118 valence electrons. The average Bonchev–Trinajstić information content (AvgIpc) is 2.85. The quantitative estimate of drug-likeness (QED) is 0.875. The molecule has 0 radical (unpaired) electrons. The first-order chi connectivity index (χ1) is 9.63. The van der Waals surface area contributed by atoms with Crippen molar-refractivity contribution in [1.82, 2.24) is 4.98 Å². The normalized spacial score (nSPS) is 11.5. The van der Waals surface area contributed by atoms with Crippen LogP contribution in [0.15, 0.2) is 30.3 Å². The zero-order valence-corrected chi connectivity index (χ0v) is 14.1. The minimum atomic E-state index is -0.110. The highest BCUT2D eigenvalue weighted by molar-refractivity contribution is 6.05. The highest BCUT2D eigenvalue weighted by Gasteiger charge is 2.13. The van der Waals surface area contributed by atoms with Gasteiger partial charge in [-0.25, -0.2) is 0 Å². The molecule has 0 spiro atoms. The Hall–Kier alpha value is -1.78. The fourth-order valence-corrected chi connectivity index (χ4v) is 2.51. The van der Waals surface area contributed by atoms with Gasteiger partial charge in [0, 0.05) is 23.6 Å². The van der Waals surface area contributed by atoms with Crippen molar-refractivity contribution >= 4 is 42.1 Å². The number of hydrogen-bond donors (Lipinski definition) is 2. The number of anilines is 2. The third kappa shape index (κ3) is 3.70. The summed E-state index contributed by atoms with van der Waals surface area (Å²) in [6.07, 6.45) is 1.00. The Morgan fingerprint density at radius 1 is 1.18 bits per heavy atom. The zero-order valence-electron chi connectivity index (χ0n) is 12.5. The Kier molecular flexibility index (Phi) is 6.21. The van der Waals surface area contributed by atoms with Crippen molar-refractivity contribution < 1.29 is 4.79 Å². The molecule has 0 unspecified atom stereocenters. The number of aryl methyl sites for hydroxylation is 2. The van der Waals surface area contributed by atoms with E-state index in [4.69, 9.17) is 0 Å². The molecular weight excluding hydrogens is 321 g/mol. The topological polar surface area (TPSA) is 54.0 Å². The van der Waals surface area contributed by atoms with Crippen molar-refractivity contribution in [2.24, 2.45) is 0 Å². The van der Waals surface area contributed by atoms with Gasteiger partial charge in [-0.2, -0.15) is 0 Å². The molecular formula is C16H19Cl2N3O. The van der Waals surface area contributed by atoms with E-state index in [-0.39, 0.29) is 30.7 Å². The van der Waals surface area contributed by atoms with E-state index >= 15 is 0 Å². The predicted molar refractivity (Wildman–Crippen MR) is 94.8 cm³/mol. The molecule has 2 aromatic rings. The lowest BCUT2D eigenvalue weighted by atomic mass is 10.1. The number of amides is 1. The lowest BCUT2D eigenvalue weighted by Crippen LogP contribution is -2.14. The van der Waals surface area contributed by atoms with E-state index in [0.717, 1.165) is 35.7 Å². The molecule has 2 heterocycles. The van der Waals surface area contributed by atoms with Gasteiger partial charge in [0.05, 0.1) is 11.3 Å². The van der Waals surface area contributed by atoms with Gasteiger partial charge in [0.2, 0.25) is 0 Å². The second-order valence-corrected chi connectivity index (χ2v) is 5.09. The molecule has 1 aromatic carbocycles. The Morgan fingerprint density at radius 2 is 1.95 bits per heavy atom. The van der Waals surface area contributed by atoms with Crippen molar-refractivity contribution in [2.45, 2.75) is 20.3 Å². The highest BCUT2D eigenvalue weighted by Crippen LogP contribution is 2.25. The maximum absolute atomic E-state index is 12.3. The molecule has 1 aromatic heterocycles. The summed E-state index contributed by atoms with van der Waals surface area (Å²) in [5.41, 5.74) is 5.54. The number of fused-ring (bicyclic) bond motifs is 1. The molecule has 1 aliphatic rings. The number of carbonyl (C=O) groups excluding carboxylic acids is 1. The average molecular weight is 340 g/mol. The second kappa shape index (κ2) is 7.47. The number of nitrogens with zero attached hydrogens (tertiary/aromatic N) is 1. The fourth-order valence-electron chi connectivity index (χ4n) is 2.51. The lowest BCUT2D eigenvalue weighted by Gasteiger charge is -2.09. The number of nitrogens with one attached hydrogen (secondary N) is 2. The third-order valence-electron chi connectivity index (χ3n) is 3.54. The Bertz CT molecular complexity index is 689. The lowest BCUT2D eigenvalue weighted by molar-refractivity contribution is 0.102. The van der Waals surface area contributed by atoms with Crippen LogP contribution in [0.25, 0.3) is 0 Å². The summed E-state index contributed by atoms with van der Waals surface area (Å²) < 4.78 is 0. The van der Waals surface area contributed by atoms with E-state index in [9.17, 15) is 4.79 Å². The van der Waals surface area contributed by atoms with E-state index in [2.05, 4.69) is 15.6 Å². The number of carbonyl (C=O) groups is 1. The molecule has 6 heteroatoms. The van der Waals surface area contributed by atoms with Gasteiger partial charge in [-0.3, -0.25) is 9.78 Å². The van der Waals surface area contributed by atoms with Crippen molar-refractivity contribution in [3.63, 3.8) is 0 Å². The summed E-state index contributed by atoms with van der Waals surface area (Å²) in [4.78, 5) is 16.6. The molecule has 0 atom stereocenters. The van der Waals surface area contributed by atoms with Crippen LogP contribution in [0.3, 0.4) is 0 Å². The van der Waals surface area contributed by atoms with Crippen LogP contribution in [-0.2, 0) is 6.42 Å². The van der Waals surface area contributed by atoms with Crippen LogP contribution in [0.1, 0.15) is 27.3 Å². The Labute approximate surface area is 142 Å². The van der Waals surface area contributed by atoms with Crippen molar-refractivity contribution in [3.8, 4) is 0 Å². The van der Waals surface area contributed by atoms with Gasteiger partial charge in [-0.1, -0.05) is 0 Å². The van der Waals surface area contributed by atoms with E-state index < -0.39 is 0 Å². The first-order valence-corrected chi connectivity index (χ1v) is 6.76. The predicted octanol–water partition coefficient (Wildman–Crippen LogP) is 3.76. The first kappa shape index (κ1) is 18.3. The van der Waals surface area contributed by atoms with Gasteiger partial charge in [0.25, 0.3) is 5.91 Å². The minimum Gasteiger partial charge on any atom is -0.384 e. The number of halogens is 2. The summed E-state index contributed by atoms with van der Waals surface area (Å²) in [6, 6.07) is 9.64. The van der Waals surface area contributed by atoms with Crippen LogP contribution >= 0.6 is 24.8 Å². The zero-order chi connectivity index (χ0) is 14.1. The molecule has 4 nitrogen and oxygen atoms in total. The molecule has 0 bridgehead atoms. The van der Waals surface area contributed by atoms with Gasteiger partial charge in [-0.05, 0) is 56.2 Å². The molecule has 2 N–H and O–H groups in total. The fraction of sp³-hybridized carbons (Fsp3) is 0.250. The van der Waals surface area contributed by atoms with Crippen LogP contribution in [0.2, 0.25) is 0 Å². The van der Waals surface area contributed by atoms with Gasteiger partial charge in [0.15, 0.2) is 0 Å². The summed E-state index contributed by atoms with van der Waals surface area (Å²) in [5, 5.41) is 6.25. The summed E-state index contributed by atoms with van der Waals surface area (Å²) in [6.45, 7) is 4.74. The van der Waals surface area contributed by atoms with E-state index in [1.165, 1.54) is 5.56 Å². The van der Waals surface area contributed by atoms with Gasteiger partial charge < -0.3 is 10.6 Å². The van der Waals surface area contributed by atoms with E-state index in [1.807, 2.05) is 44.2 Å². The van der Waals surface area contributed by atoms with Gasteiger partial charge in [-0.15, -0.1) is 24.8 Å². The number of hydrogen-bond acceptors (Lipinski definition) is 3. The maximum atomic E-state index is 12.3. The van der Waals surface area contributed by atoms with Crippen LogP contribution in [0.4, 0.5) is 11.4 Å². The van der Waals surface area contributed by atoms with Crippen LogP contribution in [0.5, 0.6) is 0 Å². The Morgan fingerprint density at radius 3 is 2.68 bits per heavy atom. The van der Waals surface area contributed by atoms with E-state index in [0.29, 0.717) is 5.56 Å². The van der Waals surface area contributed by atoms with E-state index in [1.54, 1.807) is 0 Å². The van der Waals surface area contributed by atoms with Crippen LogP contribution in [-0.4, -0.2) is 17.4 Å². The maximum Gasteiger partial charge on any atom is 0.257 e. The number of pyridine rings is 1. The minimum absolute atomic E-state index is 0. The number of benzene rings is 1. The smallest absolute Gasteiger partial charge is 0.257 e. The molecule has 0 saturated carbocycles. The molecule has 1 amide bonds. The van der Waals surface area contributed by atoms with Gasteiger partial charge in [0.1, 0.15) is 0 Å². The molecule has 3 rings (SSSR count). The molecule has 0 aliphatic carbocycles. The van der Waals surface area contributed by atoms with Crippen molar-refractivity contribution in [3.05, 3.63) is 52.8 Å². The Balaban J connectivity index is 0.00000121. The third-order valence-corrected chi connectivity index (χ3v) is 3.54. The highest BCUT2D eigenvalue weighted by atomic mass is 35.5. The largest absolute Gasteiger partial charge is 0.384 e. The standard InChI is InChI=1S/C16H17N3O.2ClH/c1-10-3-5-14(11(2)18-10)16(20)19-13-4-6-15-12(9-13)7-8-17-15;;/h3-6,9,17H,7-8H2,1-2H3,(H,19,20);2*1H. The summed E-state index contributed by atoms with van der Waals surface area (Å²) >= 11 is 0. The van der Waals surface area contributed by atoms with Crippen LogP contribution in [0, 0.1) is 13.8 Å². The van der Waals surface area contributed by atoms with Gasteiger partial charge >= 0.3 is 0 Å². The monoisotopic (exact) mass is 339 g/mol. The summed E-state index contributed by atoms with van der Waals surface area (Å²) in [5.74, 6) is -0.110. The SMILES string of the molecule is Cc1ccc(C(=O)Nc2ccc3c(c2)CCN3)c(C)n1.Cl.Cl. The second-order valence-electron chi connectivity index (χ2n) is 5.09. The first-order valence-electron chi connectivity index (χ1n) is 6.76. The number of aromatic nitrogens is 1. The van der Waals surface area contributed by atoms with Crippen LogP contribution < -0.4 is 10.6 Å². The summed E-state index contributed by atoms with van der Waals surface area (Å²) in [7, 11) is 0. The number of rotatable bonds is 2.